The van der Waals surface area contributed by atoms with Crippen molar-refractivity contribution in [3.8, 4) is 0 Å². The molecule has 2 aromatic rings. The summed E-state index contributed by atoms with van der Waals surface area (Å²) >= 11 is 0. The molecule has 2 N–H and O–H groups in total. The van der Waals surface area contributed by atoms with Crippen LogP contribution in [-0.2, 0) is 24.3 Å². The maximum atomic E-state index is 13.8. The number of morpholine rings is 1. The molecule has 0 bridgehead atoms. The van der Waals surface area contributed by atoms with Gasteiger partial charge in [0.25, 0.3) is 5.91 Å². The van der Waals surface area contributed by atoms with Crippen molar-refractivity contribution in [3.05, 3.63) is 36.4 Å². The summed E-state index contributed by atoms with van der Waals surface area (Å²) < 4.78 is 34.2. The summed E-state index contributed by atoms with van der Waals surface area (Å²) in [5.74, 6) is -3.10. The van der Waals surface area contributed by atoms with Crippen LogP contribution in [0.4, 0.5) is 5.69 Å². The fourth-order valence-corrected chi connectivity index (χ4v) is 6.41. The Balaban J connectivity index is 1.99. The van der Waals surface area contributed by atoms with Crippen molar-refractivity contribution < 1.29 is 28.0 Å². The largest absolute Gasteiger partial charge is 0.378 e. The van der Waals surface area contributed by atoms with Gasteiger partial charge in [-0.1, -0.05) is 38.1 Å². The third-order valence-electron chi connectivity index (χ3n) is 6.75. The van der Waals surface area contributed by atoms with Gasteiger partial charge in [-0.15, -0.1) is 0 Å². The van der Waals surface area contributed by atoms with E-state index < -0.39 is 33.7 Å². The molecule has 3 rings (SSSR count). The Kier molecular flexibility index (Phi) is 9.51. The molecule has 1 saturated heterocycles. The molecule has 1 heterocycles. The molecule has 0 saturated carbocycles. The van der Waals surface area contributed by atoms with Crippen LogP contribution in [-0.4, -0.2) is 88.6 Å². The van der Waals surface area contributed by atoms with Crippen LogP contribution in [0.5, 0.6) is 0 Å². The average Bonchev–Trinajstić information content (AvgIpc) is 2.87. The molecular formula is C26H38N4O6S. The number of carbonyl (C=O) groups is 2. The van der Waals surface area contributed by atoms with Crippen molar-refractivity contribution >= 4 is 38.3 Å². The second-order valence-electron chi connectivity index (χ2n) is 10.1. The van der Waals surface area contributed by atoms with Crippen molar-refractivity contribution in [3.63, 3.8) is 0 Å². The van der Waals surface area contributed by atoms with Crippen molar-refractivity contribution in [2.24, 2.45) is 17.8 Å². The smallest absolute Gasteiger partial charge is 0.256 e. The summed E-state index contributed by atoms with van der Waals surface area (Å²) in [6.45, 7) is 5.21. The fraction of sp³-hybridized carbons (Fsp3) is 0.538. The highest BCUT2D eigenvalue weighted by molar-refractivity contribution is 7.89. The molecule has 1 aliphatic heterocycles. The average molecular weight is 535 g/mol. The van der Waals surface area contributed by atoms with E-state index in [2.05, 4.69) is 0 Å². The number of nitrogens with one attached hydrogen (secondary N) is 1. The van der Waals surface area contributed by atoms with Crippen LogP contribution in [0.15, 0.2) is 41.3 Å². The lowest BCUT2D eigenvalue weighted by Gasteiger charge is -2.34. The minimum absolute atomic E-state index is 0.0710. The highest BCUT2D eigenvalue weighted by atomic mass is 32.2. The SMILES string of the molecule is CC(C)C[C@@H](CN(C)S(=O)(=O)c1cccc2c(N(C)C)cccc12)[C@H](C(=O)NO)C(=O)N1CCOCC1. The molecule has 10 nitrogen and oxygen atoms in total. The normalized spacial score (nSPS) is 16.2. The van der Waals surface area contributed by atoms with E-state index in [1.54, 1.807) is 28.6 Å². The lowest BCUT2D eigenvalue weighted by Crippen LogP contribution is -2.51. The number of hydroxylamine groups is 1. The number of hydrogen-bond donors (Lipinski definition) is 2. The van der Waals surface area contributed by atoms with E-state index in [1.165, 1.54) is 11.4 Å². The molecule has 204 valence electrons. The molecule has 37 heavy (non-hydrogen) atoms. The van der Waals surface area contributed by atoms with Gasteiger partial charge in [0.1, 0.15) is 5.92 Å². The van der Waals surface area contributed by atoms with Gasteiger partial charge in [-0.25, -0.2) is 18.2 Å². The van der Waals surface area contributed by atoms with Gasteiger partial charge in [-0.2, -0.15) is 0 Å². The number of fused-ring (bicyclic) bond motifs is 1. The maximum Gasteiger partial charge on any atom is 0.256 e. The predicted octanol–water partition coefficient (Wildman–Crippen LogP) is 2.17. The number of hydrogen-bond acceptors (Lipinski definition) is 7. The Labute approximate surface area is 219 Å². The third kappa shape index (κ3) is 6.40. The summed E-state index contributed by atoms with van der Waals surface area (Å²) in [7, 11) is 1.28. The molecule has 2 aromatic carbocycles. The number of nitrogens with zero attached hydrogens (tertiary/aromatic N) is 3. The highest BCUT2D eigenvalue weighted by Gasteiger charge is 2.40. The van der Waals surface area contributed by atoms with Gasteiger partial charge in [0.15, 0.2) is 0 Å². The Morgan fingerprint density at radius 2 is 1.68 bits per heavy atom. The molecule has 0 aliphatic carbocycles. The van der Waals surface area contributed by atoms with Crippen LogP contribution in [0.25, 0.3) is 10.8 Å². The van der Waals surface area contributed by atoms with Crippen molar-refractivity contribution in [2.75, 3.05) is 58.9 Å². The molecule has 0 aromatic heterocycles. The van der Waals surface area contributed by atoms with Crippen LogP contribution in [0.1, 0.15) is 20.3 Å². The molecule has 0 unspecified atom stereocenters. The molecule has 1 aliphatic rings. The van der Waals surface area contributed by atoms with Crippen LogP contribution in [0, 0.1) is 17.8 Å². The first kappa shape index (κ1) is 28.8. The summed E-state index contributed by atoms with van der Waals surface area (Å²) in [6, 6.07) is 10.7. The van der Waals surface area contributed by atoms with E-state index in [0.29, 0.717) is 38.1 Å². The lowest BCUT2D eigenvalue weighted by molar-refractivity contribution is -0.151. The zero-order valence-corrected chi connectivity index (χ0v) is 23.0. The Morgan fingerprint density at radius 3 is 2.27 bits per heavy atom. The van der Waals surface area contributed by atoms with Crippen molar-refractivity contribution in [2.45, 2.75) is 25.2 Å². The first-order valence-corrected chi connectivity index (χ1v) is 13.9. The van der Waals surface area contributed by atoms with Gasteiger partial charge in [0.05, 0.1) is 18.1 Å². The zero-order chi connectivity index (χ0) is 27.3. The Bertz CT molecular complexity index is 1210. The number of amides is 2. The van der Waals surface area contributed by atoms with E-state index >= 15 is 0 Å². The van der Waals surface area contributed by atoms with Gasteiger partial charge in [0.2, 0.25) is 15.9 Å². The zero-order valence-electron chi connectivity index (χ0n) is 22.2. The predicted molar refractivity (Wildman–Crippen MR) is 142 cm³/mol. The monoisotopic (exact) mass is 534 g/mol. The number of benzene rings is 2. The molecule has 2 atom stereocenters. The van der Waals surface area contributed by atoms with E-state index in [9.17, 15) is 23.2 Å². The molecule has 0 radical (unpaired) electrons. The van der Waals surface area contributed by atoms with Crippen molar-refractivity contribution in [1.82, 2.24) is 14.7 Å². The van der Waals surface area contributed by atoms with Gasteiger partial charge < -0.3 is 14.5 Å². The summed E-state index contributed by atoms with van der Waals surface area (Å²) in [5.41, 5.74) is 2.53. The molecule has 2 amide bonds. The van der Waals surface area contributed by atoms with Crippen LogP contribution in [0.2, 0.25) is 0 Å². The van der Waals surface area contributed by atoms with Crippen molar-refractivity contribution in [1.29, 1.82) is 0 Å². The highest BCUT2D eigenvalue weighted by Crippen LogP contribution is 2.33. The Hall–Kier alpha value is -2.73. The van der Waals surface area contributed by atoms with E-state index in [4.69, 9.17) is 4.74 Å². The Morgan fingerprint density at radius 1 is 1.05 bits per heavy atom. The van der Waals surface area contributed by atoms with Crippen LogP contribution < -0.4 is 10.4 Å². The molecule has 0 spiro atoms. The van der Waals surface area contributed by atoms with Crippen LogP contribution in [0.3, 0.4) is 0 Å². The molecule has 11 heteroatoms. The van der Waals surface area contributed by atoms with E-state index in [1.807, 2.05) is 51.0 Å². The van der Waals surface area contributed by atoms with Gasteiger partial charge in [0, 0.05) is 57.2 Å². The summed E-state index contributed by atoms with van der Waals surface area (Å²) in [5, 5.41) is 10.9. The fourth-order valence-electron chi connectivity index (χ4n) is 4.98. The second kappa shape index (κ2) is 12.2. The first-order chi connectivity index (χ1) is 17.5. The van der Waals surface area contributed by atoms with Gasteiger partial charge >= 0.3 is 0 Å². The summed E-state index contributed by atoms with van der Waals surface area (Å²) in [4.78, 5) is 29.8. The van der Waals surface area contributed by atoms with E-state index in [0.717, 1.165) is 11.1 Å². The van der Waals surface area contributed by atoms with Gasteiger partial charge in [-0.05, 0) is 30.4 Å². The number of carbonyl (C=O) groups excluding carboxylic acids is 2. The number of rotatable bonds is 10. The summed E-state index contributed by atoms with van der Waals surface area (Å²) in [6.07, 6.45) is 0.411. The van der Waals surface area contributed by atoms with E-state index in [-0.39, 0.29) is 17.4 Å². The number of anilines is 1. The third-order valence-corrected chi connectivity index (χ3v) is 8.63. The lowest BCUT2D eigenvalue weighted by atomic mass is 9.83. The molecule has 1 fully saturated rings. The minimum Gasteiger partial charge on any atom is -0.378 e. The standard InChI is InChI=1S/C26H38N4O6S/c1-18(2)16-19(24(25(31)27-33)26(32)30-12-14-36-15-13-30)17-29(5)37(34,35)23-11-7-8-20-21(23)9-6-10-22(20)28(3)4/h6-11,18-19,24,33H,12-17H2,1-5H3,(H,27,31)/t19-,24+/m0/s1. The number of sulfonamides is 1. The second-order valence-corrected chi connectivity index (χ2v) is 12.1. The minimum atomic E-state index is -3.98. The first-order valence-electron chi connectivity index (χ1n) is 12.4. The van der Waals surface area contributed by atoms with Crippen LogP contribution >= 0.6 is 0 Å². The topological polar surface area (TPSA) is 119 Å². The molecular weight excluding hydrogens is 496 g/mol. The van der Waals surface area contributed by atoms with Gasteiger partial charge in [-0.3, -0.25) is 14.8 Å². The number of ether oxygens (including phenoxy) is 1. The quantitative estimate of drug-likeness (QED) is 0.272. The maximum absolute atomic E-state index is 13.8.